The van der Waals surface area contributed by atoms with Gasteiger partial charge in [0.1, 0.15) is 5.82 Å². The minimum Gasteiger partial charge on any atom is -0.300 e. The van der Waals surface area contributed by atoms with E-state index in [9.17, 15) is 9.18 Å². The molecule has 1 fully saturated rings. The van der Waals surface area contributed by atoms with E-state index in [4.69, 9.17) is 0 Å². The molecule has 0 aliphatic heterocycles. The molecule has 1 aliphatic rings. The Kier molecular flexibility index (Phi) is 6.24. The molecule has 1 amide bonds. The van der Waals surface area contributed by atoms with Crippen LogP contribution in [0.4, 0.5) is 9.52 Å². The Balaban J connectivity index is 1.54. The van der Waals surface area contributed by atoms with E-state index < -0.39 is 0 Å². The maximum atomic E-state index is 13.8. The van der Waals surface area contributed by atoms with Crippen LogP contribution in [0.15, 0.2) is 27.0 Å². The van der Waals surface area contributed by atoms with E-state index in [2.05, 4.69) is 31.4 Å². The van der Waals surface area contributed by atoms with E-state index in [-0.39, 0.29) is 17.6 Å². The Morgan fingerprint density at radius 3 is 2.88 bits per heavy atom. The fraction of sp³-hybridized carbons (Fsp3) is 0.438. The van der Waals surface area contributed by atoms with Gasteiger partial charge in [0.25, 0.3) is 0 Å². The Hall–Kier alpha value is -0.990. The summed E-state index contributed by atoms with van der Waals surface area (Å²) in [5.41, 5.74) is 0.617. The van der Waals surface area contributed by atoms with Crippen molar-refractivity contribution >= 4 is 50.1 Å². The highest BCUT2D eigenvalue weighted by Gasteiger charge is 2.22. The number of benzene rings is 1. The van der Waals surface area contributed by atoms with Crippen LogP contribution in [0.2, 0.25) is 0 Å². The van der Waals surface area contributed by atoms with Crippen LogP contribution in [-0.4, -0.2) is 16.1 Å². The number of aromatic nitrogens is 2. The maximum absolute atomic E-state index is 13.8. The second-order valence-corrected chi connectivity index (χ2v) is 8.84. The van der Waals surface area contributed by atoms with Crippen molar-refractivity contribution in [3.63, 3.8) is 0 Å². The largest absolute Gasteiger partial charge is 0.300 e. The van der Waals surface area contributed by atoms with E-state index in [1.807, 2.05) is 6.07 Å². The third-order valence-corrected chi connectivity index (χ3v) is 6.49. The van der Waals surface area contributed by atoms with E-state index in [1.54, 1.807) is 6.07 Å². The van der Waals surface area contributed by atoms with Crippen LogP contribution in [0.1, 0.15) is 37.7 Å². The molecule has 128 valence electrons. The molecule has 3 rings (SSSR count). The number of hydrogen-bond acceptors (Lipinski definition) is 5. The molecule has 0 unspecified atom stereocenters. The molecule has 2 aromatic rings. The van der Waals surface area contributed by atoms with Gasteiger partial charge in [0.15, 0.2) is 4.34 Å². The Bertz CT molecular complexity index is 719. The molecule has 0 spiro atoms. The van der Waals surface area contributed by atoms with E-state index in [1.165, 1.54) is 35.6 Å². The number of anilines is 1. The van der Waals surface area contributed by atoms with Crippen LogP contribution < -0.4 is 5.32 Å². The smallest absolute Gasteiger partial charge is 0.229 e. The van der Waals surface area contributed by atoms with Crippen LogP contribution >= 0.6 is 39.0 Å². The topological polar surface area (TPSA) is 54.9 Å². The van der Waals surface area contributed by atoms with Crippen LogP contribution in [-0.2, 0) is 10.5 Å². The Labute approximate surface area is 156 Å². The lowest BCUT2D eigenvalue weighted by molar-refractivity contribution is -0.120. The zero-order valence-corrected chi connectivity index (χ0v) is 16.1. The standard InChI is InChI=1S/C16H17BrFN3OS2/c17-12-7-6-11(13(18)8-12)9-23-16-21-20-15(24-16)19-14(22)10-4-2-1-3-5-10/h6-8,10H,1-5,9H2,(H,19,20,22). The van der Waals surface area contributed by atoms with Crippen molar-refractivity contribution in [1.82, 2.24) is 10.2 Å². The van der Waals surface area contributed by atoms with Crippen molar-refractivity contribution in [2.24, 2.45) is 5.92 Å². The molecule has 1 aromatic heterocycles. The van der Waals surface area contributed by atoms with E-state index in [0.29, 0.717) is 16.4 Å². The number of carbonyl (C=O) groups excluding carboxylic acids is 1. The number of rotatable bonds is 5. The molecule has 0 saturated heterocycles. The van der Waals surface area contributed by atoms with Gasteiger partial charge in [-0.05, 0) is 30.5 Å². The molecule has 0 atom stereocenters. The Morgan fingerprint density at radius 1 is 1.33 bits per heavy atom. The molecule has 1 saturated carbocycles. The van der Waals surface area contributed by atoms with Gasteiger partial charge in [0.2, 0.25) is 11.0 Å². The van der Waals surface area contributed by atoms with Crippen molar-refractivity contribution in [3.8, 4) is 0 Å². The van der Waals surface area contributed by atoms with Gasteiger partial charge in [-0.1, -0.05) is 64.4 Å². The monoisotopic (exact) mass is 429 g/mol. The SMILES string of the molecule is O=C(Nc1nnc(SCc2ccc(Br)cc2F)s1)C1CCCCC1. The van der Waals surface area contributed by atoms with E-state index in [0.717, 1.165) is 34.5 Å². The second kappa shape index (κ2) is 8.40. The average molecular weight is 430 g/mol. The van der Waals surface area contributed by atoms with Gasteiger partial charge in [-0.15, -0.1) is 10.2 Å². The summed E-state index contributed by atoms with van der Waals surface area (Å²) in [6.45, 7) is 0. The highest BCUT2D eigenvalue weighted by Crippen LogP contribution is 2.31. The number of hydrogen-bond donors (Lipinski definition) is 1. The summed E-state index contributed by atoms with van der Waals surface area (Å²) in [5, 5.41) is 11.5. The molecule has 1 aromatic carbocycles. The van der Waals surface area contributed by atoms with Gasteiger partial charge in [-0.25, -0.2) is 4.39 Å². The number of nitrogens with one attached hydrogen (secondary N) is 1. The first-order valence-electron chi connectivity index (χ1n) is 7.83. The van der Waals surface area contributed by atoms with Crippen molar-refractivity contribution < 1.29 is 9.18 Å². The molecule has 8 heteroatoms. The highest BCUT2D eigenvalue weighted by molar-refractivity contribution is 9.10. The average Bonchev–Trinajstić information content (AvgIpc) is 3.02. The molecule has 24 heavy (non-hydrogen) atoms. The molecule has 1 N–H and O–H groups in total. The minimum absolute atomic E-state index is 0.0429. The first-order valence-corrected chi connectivity index (χ1v) is 10.4. The predicted molar refractivity (Wildman–Crippen MR) is 98.8 cm³/mol. The quantitative estimate of drug-likeness (QED) is 0.520. The summed E-state index contributed by atoms with van der Waals surface area (Å²) in [5.74, 6) is 0.369. The van der Waals surface area contributed by atoms with Crippen LogP contribution in [0.3, 0.4) is 0 Å². The number of amides is 1. The van der Waals surface area contributed by atoms with Gasteiger partial charge in [-0.2, -0.15) is 0 Å². The molecule has 1 heterocycles. The third kappa shape index (κ3) is 4.77. The predicted octanol–water partition coefficient (Wildman–Crippen LogP) is 5.25. The summed E-state index contributed by atoms with van der Waals surface area (Å²) < 4.78 is 15.2. The lowest BCUT2D eigenvalue weighted by Gasteiger charge is -2.19. The molecule has 1 aliphatic carbocycles. The van der Waals surface area contributed by atoms with Gasteiger partial charge in [0.05, 0.1) is 0 Å². The lowest BCUT2D eigenvalue weighted by atomic mass is 9.89. The van der Waals surface area contributed by atoms with Gasteiger partial charge in [-0.3, -0.25) is 4.79 Å². The van der Waals surface area contributed by atoms with Gasteiger partial charge < -0.3 is 5.32 Å². The molecule has 4 nitrogen and oxygen atoms in total. The fourth-order valence-electron chi connectivity index (χ4n) is 2.67. The fourth-order valence-corrected chi connectivity index (χ4v) is 4.74. The summed E-state index contributed by atoms with van der Waals surface area (Å²) >= 11 is 5.99. The number of nitrogens with zero attached hydrogens (tertiary/aromatic N) is 2. The lowest BCUT2D eigenvalue weighted by Crippen LogP contribution is -2.24. The van der Waals surface area contributed by atoms with Crippen LogP contribution in [0, 0.1) is 11.7 Å². The molecule has 0 bridgehead atoms. The summed E-state index contributed by atoms with van der Waals surface area (Å²) in [6.07, 6.45) is 5.36. The highest BCUT2D eigenvalue weighted by atomic mass is 79.9. The van der Waals surface area contributed by atoms with Crippen LogP contribution in [0.5, 0.6) is 0 Å². The summed E-state index contributed by atoms with van der Waals surface area (Å²) in [6, 6.07) is 5.01. The maximum Gasteiger partial charge on any atom is 0.229 e. The minimum atomic E-state index is -0.243. The summed E-state index contributed by atoms with van der Waals surface area (Å²) in [7, 11) is 0. The second-order valence-electron chi connectivity index (χ2n) is 5.72. The number of halogens is 2. The van der Waals surface area contributed by atoms with Crippen molar-refractivity contribution in [2.75, 3.05) is 5.32 Å². The molecular formula is C16H17BrFN3OS2. The van der Waals surface area contributed by atoms with Crippen molar-refractivity contribution in [2.45, 2.75) is 42.2 Å². The van der Waals surface area contributed by atoms with Crippen molar-refractivity contribution in [3.05, 3.63) is 34.1 Å². The zero-order chi connectivity index (χ0) is 16.9. The molecule has 0 radical (unpaired) electrons. The van der Waals surface area contributed by atoms with Gasteiger partial charge in [0, 0.05) is 16.1 Å². The van der Waals surface area contributed by atoms with Crippen LogP contribution in [0.25, 0.3) is 0 Å². The molecular weight excluding hydrogens is 413 g/mol. The number of carbonyl (C=O) groups is 1. The Morgan fingerprint density at radius 2 is 2.12 bits per heavy atom. The van der Waals surface area contributed by atoms with E-state index >= 15 is 0 Å². The summed E-state index contributed by atoms with van der Waals surface area (Å²) in [4.78, 5) is 12.2. The van der Waals surface area contributed by atoms with Crippen molar-refractivity contribution in [1.29, 1.82) is 0 Å². The van der Waals surface area contributed by atoms with Gasteiger partial charge >= 0.3 is 0 Å². The third-order valence-electron chi connectivity index (χ3n) is 3.98. The normalized spacial score (nSPS) is 15.4. The first kappa shape index (κ1) is 17.8. The number of thioether (sulfide) groups is 1. The zero-order valence-electron chi connectivity index (χ0n) is 12.9. The first-order chi connectivity index (χ1) is 11.6.